The van der Waals surface area contributed by atoms with Gasteiger partial charge in [-0.1, -0.05) is 23.7 Å². The molecule has 0 spiro atoms. The smallest absolute Gasteiger partial charge is 0.158 e. The number of nitrogens with zero attached hydrogens (tertiary/aromatic N) is 4. The Morgan fingerprint density at radius 1 is 1.21 bits per heavy atom. The number of aryl methyl sites for hydroxylation is 1. The fourth-order valence-electron chi connectivity index (χ4n) is 2.22. The van der Waals surface area contributed by atoms with Gasteiger partial charge in [-0.25, -0.2) is 15.0 Å². The number of halogens is 1. The van der Waals surface area contributed by atoms with Crippen molar-refractivity contribution in [3.05, 3.63) is 57.3 Å². The van der Waals surface area contributed by atoms with Crippen LogP contribution in [0.5, 0.6) is 0 Å². The molecular weight excluding hydrogens is 342 g/mol. The van der Waals surface area contributed by atoms with Crippen molar-refractivity contribution < 1.29 is 0 Å². The van der Waals surface area contributed by atoms with Crippen LogP contribution in [-0.2, 0) is 0 Å². The van der Waals surface area contributed by atoms with Crippen LogP contribution in [0.1, 0.15) is 28.5 Å². The van der Waals surface area contributed by atoms with E-state index in [0.29, 0.717) is 16.5 Å². The van der Waals surface area contributed by atoms with E-state index in [4.69, 9.17) is 21.8 Å². The van der Waals surface area contributed by atoms with E-state index in [1.54, 1.807) is 17.5 Å². The van der Waals surface area contributed by atoms with Crippen LogP contribution in [-0.4, -0.2) is 15.0 Å². The zero-order valence-electron chi connectivity index (χ0n) is 13.1. The largest absolute Gasteiger partial charge is 0.360 e. The first-order valence-corrected chi connectivity index (χ1v) is 8.48. The Balaban J connectivity index is 1.80. The first-order chi connectivity index (χ1) is 11.6. The Morgan fingerprint density at radius 2 is 1.96 bits per heavy atom. The molecule has 2 aromatic heterocycles. The lowest BCUT2D eigenvalue weighted by Crippen LogP contribution is -2.08. The predicted molar refractivity (Wildman–Crippen MR) is 96.1 cm³/mol. The average molecular weight is 356 g/mol. The predicted octanol–water partition coefficient (Wildman–Crippen LogP) is 4.61. The molecule has 0 bridgehead atoms. The van der Waals surface area contributed by atoms with Gasteiger partial charge in [0.2, 0.25) is 0 Å². The second kappa shape index (κ2) is 6.95. The van der Waals surface area contributed by atoms with Crippen LogP contribution in [0.3, 0.4) is 0 Å². The van der Waals surface area contributed by atoms with Crippen LogP contribution in [0.2, 0.25) is 5.02 Å². The van der Waals surface area contributed by atoms with E-state index in [1.807, 2.05) is 37.3 Å². The summed E-state index contributed by atoms with van der Waals surface area (Å²) in [6.45, 7) is 4.07. The Hall–Kier alpha value is -2.49. The summed E-state index contributed by atoms with van der Waals surface area (Å²) in [6.07, 6.45) is 3.00. The molecular formula is C17H14ClN5S. The van der Waals surface area contributed by atoms with Gasteiger partial charge in [0.15, 0.2) is 5.69 Å². The lowest BCUT2D eigenvalue weighted by atomic mass is 10.1. The summed E-state index contributed by atoms with van der Waals surface area (Å²) in [5, 5.41) is 13.7. The summed E-state index contributed by atoms with van der Waals surface area (Å²) in [5.74, 6) is 0.613. The molecule has 3 aromatic rings. The molecule has 24 heavy (non-hydrogen) atoms. The van der Waals surface area contributed by atoms with Gasteiger partial charge < -0.3 is 5.32 Å². The van der Waals surface area contributed by atoms with Gasteiger partial charge in [0.05, 0.1) is 24.1 Å². The second-order valence-electron chi connectivity index (χ2n) is 5.23. The van der Waals surface area contributed by atoms with Gasteiger partial charge in [0.1, 0.15) is 16.9 Å². The fourth-order valence-corrected chi connectivity index (χ4v) is 3.29. The monoisotopic (exact) mass is 355 g/mol. The summed E-state index contributed by atoms with van der Waals surface area (Å²) in [7, 11) is 0. The molecule has 0 aliphatic rings. The molecule has 1 aromatic carbocycles. The standard InChI is InChI=1S/C17H14ClN5S/c1-10(22-15-9-20-14(7-19)8-21-15)17-23-16(11(2)24-17)12-3-5-13(18)6-4-12/h3-6,8-10H,1-2H3,(H,21,22)/t10-/m0/s1. The number of benzene rings is 1. The van der Waals surface area contributed by atoms with Gasteiger partial charge in [-0.2, -0.15) is 5.26 Å². The van der Waals surface area contributed by atoms with E-state index in [9.17, 15) is 0 Å². The molecule has 3 rings (SSSR count). The lowest BCUT2D eigenvalue weighted by molar-refractivity contribution is 0.858. The maximum atomic E-state index is 8.76. The lowest BCUT2D eigenvalue weighted by Gasteiger charge is -2.11. The van der Waals surface area contributed by atoms with E-state index in [0.717, 1.165) is 21.1 Å². The molecule has 1 N–H and O–H groups in total. The van der Waals surface area contributed by atoms with Gasteiger partial charge >= 0.3 is 0 Å². The molecule has 7 heteroatoms. The summed E-state index contributed by atoms with van der Waals surface area (Å²) in [6, 6.07) is 9.60. The molecule has 0 aliphatic carbocycles. The highest BCUT2D eigenvalue weighted by molar-refractivity contribution is 7.12. The van der Waals surface area contributed by atoms with Gasteiger partial charge in [-0.05, 0) is 26.0 Å². The molecule has 2 heterocycles. The number of nitrogens with one attached hydrogen (secondary N) is 1. The van der Waals surface area contributed by atoms with Crippen molar-refractivity contribution in [2.24, 2.45) is 0 Å². The Morgan fingerprint density at radius 3 is 2.58 bits per heavy atom. The first-order valence-electron chi connectivity index (χ1n) is 7.29. The van der Waals surface area contributed by atoms with Crippen molar-refractivity contribution in [1.82, 2.24) is 15.0 Å². The third-order valence-electron chi connectivity index (χ3n) is 3.43. The summed E-state index contributed by atoms with van der Waals surface area (Å²) in [5.41, 5.74) is 2.30. The second-order valence-corrected chi connectivity index (χ2v) is 6.90. The third-order valence-corrected chi connectivity index (χ3v) is 4.84. The average Bonchev–Trinajstić information content (AvgIpc) is 2.98. The van der Waals surface area contributed by atoms with Crippen molar-refractivity contribution in [1.29, 1.82) is 5.26 Å². The third kappa shape index (κ3) is 3.53. The summed E-state index contributed by atoms with van der Waals surface area (Å²) >= 11 is 7.59. The molecule has 0 radical (unpaired) electrons. The van der Waals surface area contributed by atoms with E-state index in [2.05, 4.69) is 22.2 Å². The van der Waals surface area contributed by atoms with Crippen LogP contribution < -0.4 is 5.32 Å². The normalized spacial score (nSPS) is 11.8. The van der Waals surface area contributed by atoms with Crippen molar-refractivity contribution in [3.8, 4) is 17.3 Å². The molecule has 0 unspecified atom stereocenters. The fraction of sp³-hybridized carbons (Fsp3) is 0.176. The summed E-state index contributed by atoms with van der Waals surface area (Å²) in [4.78, 5) is 14.1. The van der Waals surface area contributed by atoms with Crippen LogP contribution in [0.25, 0.3) is 11.3 Å². The number of hydrogen-bond acceptors (Lipinski definition) is 6. The molecule has 1 atom stereocenters. The van der Waals surface area contributed by atoms with E-state index in [1.165, 1.54) is 6.20 Å². The van der Waals surface area contributed by atoms with Crippen molar-refractivity contribution >= 4 is 28.8 Å². The van der Waals surface area contributed by atoms with Crippen LogP contribution in [0.15, 0.2) is 36.7 Å². The van der Waals surface area contributed by atoms with E-state index in [-0.39, 0.29) is 6.04 Å². The molecule has 0 aliphatic heterocycles. The molecule has 0 saturated heterocycles. The quantitative estimate of drug-likeness (QED) is 0.739. The maximum Gasteiger partial charge on any atom is 0.158 e. The number of nitriles is 1. The van der Waals surface area contributed by atoms with Crippen molar-refractivity contribution in [3.63, 3.8) is 0 Å². The topological polar surface area (TPSA) is 74.5 Å². The number of aromatic nitrogens is 3. The number of rotatable bonds is 4. The van der Waals surface area contributed by atoms with Crippen LogP contribution >= 0.6 is 22.9 Å². The molecule has 0 saturated carbocycles. The van der Waals surface area contributed by atoms with Gasteiger partial charge in [0.25, 0.3) is 0 Å². The van der Waals surface area contributed by atoms with Gasteiger partial charge in [0, 0.05) is 15.5 Å². The van der Waals surface area contributed by atoms with Crippen LogP contribution in [0, 0.1) is 18.3 Å². The van der Waals surface area contributed by atoms with Crippen molar-refractivity contribution in [2.75, 3.05) is 5.32 Å². The number of thiazole rings is 1. The molecule has 0 fully saturated rings. The highest BCUT2D eigenvalue weighted by Gasteiger charge is 2.15. The first kappa shape index (κ1) is 16.4. The Bertz CT molecular complexity index is 881. The summed E-state index contributed by atoms with van der Waals surface area (Å²) < 4.78 is 0. The number of anilines is 1. The van der Waals surface area contributed by atoms with Crippen LogP contribution in [0.4, 0.5) is 5.82 Å². The van der Waals surface area contributed by atoms with Gasteiger partial charge in [-0.3, -0.25) is 0 Å². The van der Waals surface area contributed by atoms with Crippen molar-refractivity contribution in [2.45, 2.75) is 19.9 Å². The highest BCUT2D eigenvalue weighted by Crippen LogP contribution is 2.32. The number of hydrogen-bond donors (Lipinski definition) is 1. The zero-order chi connectivity index (χ0) is 17.1. The highest BCUT2D eigenvalue weighted by atomic mass is 35.5. The maximum absolute atomic E-state index is 8.76. The Labute approximate surface area is 149 Å². The minimum absolute atomic E-state index is 0.0167. The molecule has 120 valence electrons. The van der Waals surface area contributed by atoms with Gasteiger partial charge in [-0.15, -0.1) is 11.3 Å². The molecule has 0 amide bonds. The van der Waals surface area contributed by atoms with E-state index >= 15 is 0 Å². The molecule has 5 nitrogen and oxygen atoms in total. The Kier molecular flexibility index (Phi) is 4.74. The SMILES string of the molecule is Cc1sc([C@H](C)Nc2cnc(C#N)cn2)nc1-c1ccc(Cl)cc1. The van der Waals surface area contributed by atoms with E-state index < -0.39 is 0 Å². The minimum Gasteiger partial charge on any atom is -0.360 e. The zero-order valence-corrected chi connectivity index (χ0v) is 14.7. The minimum atomic E-state index is -0.0167.